The van der Waals surface area contributed by atoms with E-state index in [0.29, 0.717) is 11.1 Å². The number of nitriles is 2. The van der Waals surface area contributed by atoms with E-state index in [-0.39, 0.29) is 0 Å². The predicted molar refractivity (Wildman–Crippen MR) is 82.3 cm³/mol. The van der Waals surface area contributed by atoms with Gasteiger partial charge in [-0.25, -0.2) is 0 Å². The van der Waals surface area contributed by atoms with Gasteiger partial charge in [0.05, 0.1) is 34.7 Å². The SMILES string of the molecule is N#Cc1ccnc(-c2cccc(-c3cc(C#N)ccn3)c2)c1. The lowest BCUT2D eigenvalue weighted by Gasteiger charge is -2.05. The van der Waals surface area contributed by atoms with Crippen LogP contribution in [0.3, 0.4) is 0 Å². The summed E-state index contributed by atoms with van der Waals surface area (Å²) in [4.78, 5) is 8.60. The van der Waals surface area contributed by atoms with E-state index < -0.39 is 0 Å². The minimum absolute atomic E-state index is 0.569. The third kappa shape index (κ3) is 2.67. The second kappa shape index (κ2) is 5.87. The lowest BCUT2D eigenvalue weighted by molar-refractivity contribution is 1.29. The molecule has 3 rings (SSSR count). The molecule has 0 saturated carbocycles. The maximum absolute atomic E-state index is 8.98. The van der Waals surface area contributed by atoms with E-state index in [9.17, 15) is 0 Å². The van der Waals surface area contributed by atoms with Gasteiger partial charge in [0.15, 0.2) is 0 Å². The number of hydrogen-bond acceptors (Lipinski definition) is 4. The Labute approximate surface area is 127 Å². The quantitative estimate of drug-likeness (QED) is 0.720. The third-order valence-electron chi connectivity index (χ3n) is 3.23. The molecule has 4 heteroatoms. The van der Waals surface area contributed by atoms with Gasteiger partial charge in [-0.15, -0.1) is 0 Å². The summed E-state index contributed by atoms with van der Waals surface area (Å²) in [5, 5.41) is 18.0. The van der Waals surface area contributed by atoms with Gasteiger partial charge < -0.3 is 0 Å². The van der Waals surface area contributed by atoms with E-state index in [0.717, 1.165) is 22.5 Å². The van der Waals surface area contributed by atoms with Gasteiger partial charge in [-0.1, -0.05) is 18.2 Å². The standard InChI is InChI=1S/C18H10N4/c19-11-13-4-6-21-17(8-13)15-2-1-3-16(10-15)18-9-14(12-20)5-7-22-18/h1-10H. The van der Waals surface area contributed by atoms with Gasteiger partial charge in [0.25, 0.3) is 0 Å². The average molecular weight is 282 g/mol. The highest BCUT2D eigenvalue weighted by molar-refractivity contribution is 5.70. The van der Waals surface area contributed by atoms with Crippen LogP contribution in [0.25, 0.3) is 22.5 Å². The van der Waals surface area contributed by atoms with E-state index >= 15 is 0 Å². The number of rotatable bonds is 2. The highest BCUT2D eigenvalue weighted by Gasteiger charge is 2.05. The van der Waals surface area contributed by atoms with Crippen molar-refractivity contribution in [3.05, 3.63) is 72.1 Å². The number of benzene rings is 1. The van der Waals surface area contributed by atoms with Crippen LogP contribution in [0.1, 0.15) is 11.1 Å². The summed E-state index contributed by atoms with van der Waals surface area (Å²) in [5.74, 6) is 0. The summed E-state index contributed by atoms with van der Waals surface area (Å²) in [5.41, 5.74) is 4.41. The Hall–Kier alpha value is -3.50. The first-order valence-electron chi connectivity index (χ1n) is 6.63. The summed E-state index contributed by atoms with van der Waals surface area (Å²) >= 11 is 0. The number of nitrogens with zero attached hydrogens (tertiary/aromatic N) is 4. The molecule has 0 spiro atoms. The molecule has 0 saturated heterocycles. The molecule has 2 heterocycles. The van der Waals surface area contributed by atoms with Gasteiger partial charge >= 0.3 is 0 Å². The highest BCUT2D eigenvalue weighted by Crippen LogP contribution is 2.24. The van der Waals surface area contributed by atoms with Gasteiger partial charge in [0, 0.05) is 23.5 Å². The highest BCUT2D eigenvalue weighted by atomic mass is 14.7. The summed E-state index contributed by atoms with van der Waals surface area (Å²) in [6.45, 7) is 0. The molecular formula is C18H10N4. The van der Waals surface area contributed by atoms with Crippen LogP contribution in [-0.2, 0) is 0 Å². The topological polar surface area (TPSA) is 73.4 Å². The Balaban J connectivity index is 2.06. The van der Waals surface area contributed by atoms with Gasteiger partial charge in [-0.3, -0.25) is 9.97 Å². The molecule has 0 atom stereocenters. The molecule has 0 N–H and O–H groups in total. The summed E-state index contributed by atoms with van der Waals surface area (Å²) < 4.78 is 0. The van der Waals surface area contributed by atoms with Crippen LogP contribution in [-0.4, -0.2) is 9.97 Å². The molecule has 22 heavy (non-hydrogen) atoms. The van der Waals surface area contributed by atoms with Crippen molar-refractivity contribution in [3.8, 4) is 34.7 Å². The monoisotopic (exact) mass is 282 g/mol. The second-order valence-electron chi connectivity index (χ2n) is 4.66. The Bertz CT molecular complexity index is 844. The van der Waals surface area contributed by atoms with Crippen molar-refractivity contribution in [2.24, 2.45) is 0 Å². The lowest BCUT2D eigenvalue weighted by atomic mass is 10.0. The second-order valence-corrected chi connectivity index (χ2v) is 4.66. The van der Waals surface area contributed by atoms with Gasteiger partial charge in [-0.2, -0.15) is 10.5 Å². The van der Waals surface area contributed by atoms with E-state index in [1.54, 1.807) is 36.7 Å². The van der Waals surface area contributed by atoms with E-state index in [2.05, 4.69) is 22.1 Å². The first kappa shape index (κ1) is 13.5. The van der Waals surface area contributed by atoms with Crippen LogP contribution >= 0.6 is 0 Å². The molecule has 1 aromatic carbocycles. The Morgan fingerprint density at radius 2 is 1.18 bits per heavy atom. The minimum Gasteiger partial charge on any atom is -0.256 e. The van der Waals surface area contributed by atoms with E-state index in [1.807, 2.05) is 24.3 Å². The molecule has 0 aliphatic heterocycles. The summed E-state index contributed by atoms with van der Waals surface area (Å²) in [6, 6.07) is 18.8. The molecule has 0 fully saturated rings. The van der Waals surface area contributed by atoms with Gasteiger partial charge in [0.2, 0.25) is 0 Å². The van der Waals surface area contributed by atoms with Crippen LogP contribution in [0.15, 0.2) is 60.9 Å². The van der Waals surface area contributed by atoms with Crippen molar-refractivity contribution in [2.75, 3.05) is 0 Å². The molecule has 4 nitrogen and oxygen atoms in total. The number of aromatic nitrogens is 2. The lowest BCUT2D eigenvalue weighted by Crippen LogP contribution is -1.88. The van der Waals surface area contributed by atoms with E-state index in [1.165, 1.54) is 0 Å². The maximum atomic E-state index is 8.98. The largest absolute Gasteiger partial charge is 0.256 e. The first-order valence-corrected chi connectivity index (χ1v) is 6.63. The fourth-order valence-corrected chi connectivity index (χ4v) is 2.15. The third-order valence-corrected chi connectivity index (χ3v) is 3.23. The molecule has 0 aliphatic rings. The van der Waals surface area contributed by atoms with Gasteiger partial charge in [0.1, 0.15) is 0 Å². The number of pyridine rings is 2. The molecule has 3 aromatic rings. The molecular weight excluding hydrogens is 272 g/mol. The van der Waals surface area contributed by atoms with Crippen molar-refractivity contribution in [2.45, 2.75) is 0 Å². The van der Waals surface area contributed by atoms with Crippen LogP contribution in [0.5, 0.6) is 0 Å². The Kier molecular flexibility index (Phi) is 3.59. The molecule has 0 radical (unpaired) electrons. The van der Waals surface area contributed by atoms with Crippen molar-refractivity contribution in [1.82, 2.24) is 9.97 Å². The van der Waals surface area contributed by atoms with Crippen molar-refractivity contribution >= 4 is 0 Å². The molecule has 0 aliphatic carbocycles. The van der Waals surface area contributed by atoms with E-state index in [4.69, 9.17) is 10.5 Å². The Morgan fingerprint density at radius 3 is 1.64 bits per heavy atom. The zero-order chi connectivity index (χ0) is 15.4. The zero-order valence-corrected chi connectivity index (χ0v) is 11.6. The number of hydrogen-bond donors (Lipinski definition) is 0. The van der Waals surface area contributed by atoms with Crippen LogP contribution in [0.2, 0.25) is 0 Å². The van der Waals surface area contributed by atoms with Crippen LogP contribution in [0.4, 0.5) is 0 Å². The Morgan fingerprint density at radius 1 is 0.682 bits per heavy atom. The zero-order valence-electron chi connectivity index (χ0n) is 11.6. The molecule has 102 valence electrons. The van der Waals surface area contributed by atoms with Crippen molar-refractivity contribution in [3.63, 3.8) is 0 Å². The fraction of sp³-hybridized carbons (Fsp3) is 0. The summed E-state index contributed by atoms with van der Waals surface area (Å²) in [6.07, 6.45) is 3.24. The molecule has 2 aromatic heterocycles. The van der Waals surface area contributed by atoms with Crippen molar-refractivity contribution in [1.29, 1.82) is 10.5 Å². The maximum Gasteiger partial charge on any atom is 0.0992 e. The molecule has 0 amide bonds. The smallest absolute Gasteiger partial charge is 0.0992 e. The van der Waals surface area contributed by atoms with Gasteiger partial charge in [-0.05, 0) is 30.3 Å². The first-order chi connectivity index (χ1) is 10.8. The minimum atomic E-state index is 0.569. The normalized spacial score (nSPS) is 9.73. The average Bonchev–Trinajstić information content (AvgIpc) is 2.62. The van der Waals surface area contributed by atoms with Crippen molar-refractivity contribution < 1.29 is 0 Å². The predicted octanol–water partition coefficient (Wildman–Crippen LogP) is 3.55. The summed E-state index contributed by atoms with van der Waals surface area (Å²) in [7, 11) is 0. The molecule has 0 unspecified atom stereocenters. The van der Waals surface area contributed by atoms with Crippen LogP contribution in [0, 0.1) is 22.7 Å². The molecule has 0 bridgehead atoms. The van der Waals surface area contributed by atoms with Crippen LogP contribution < -0.4 is 0 Å². The fourth-order valence-electron chi connectivity index (χ4n) is 2.15.